The number of fused-ring (bicyclic) bond motifs is 1. The van der Waals surface area contributed by atoms with Gasteiger partial charge in [-0.25, -0.2) is 4.98 Å². The Morgan fingerprint density at radius 1 is 1.16 bits per heavy atom. The molecule has 2 aromatic carbocycles. The Kier molecular flexibility index (Phi) is 5.89. The van der Waals surface area contributed by atoms with Crippen molar-refractivity contribution in [3.8, 4) is 0 Å². The number of carboxylic acids is 1. The third-order valence-electron chi connectivity index (χ3n) is 3.86. The van der Waals surface area contributed by atoms with Crippen LogP contribution in [0, 0.1) is 0 Å². The number of aromatic nitrogens is 1. The summed E-state index contributed by atoms with van der Waals surface area (Å²) in [4.78, 5) is 16.8. The van der Waals surface area contributed by atoms with Crippen LogP contribution in [0.2, 0.25) is 0 Å². The van der Waals surface area contributed by atoms with Gasteiger partial charge < -0.3 is 5.11 Å². The minimum absolute atomic E-state index is 0.174. The monoisotopic (exact) mass is 369 g/mol. The van der Waals surface area contributed by atoms with Gasteiger partial charge in [0.1, 0.15) is 5.01 Å². The number of hydrogen-bond acceptors (Lipinski definition) is 4. The average molecular weight is 370 g/mol. The second-order valence-electron chi connectivity index (χ2n) is 5.68. The number of benzene rings is 2. The van der Waals surface area contributed by atoms with Crippen molar-refractivity contribution in [3.05, 3.63) is 59.1 Å². The topological polar surface area (TPSA) is 50.2 Å². The molecule has 0 spiro atoms. The third kappa shape index (κ3) is 4.71. The summed E-state index contributed by atoms with van der Waals surface area (Å²) < 4.78 is 1.15. The van der Waals surface area contributed by atoms with E-state index in [1.165, 1.54) is 4.90 Å². The molecule has 0 aliphatic heterocycles. The predicted molar refractivity (Wildman–Crippen MR) is 107 cm³/mol. The first kappa shape index (κ1) is 17.7. The highest BCUT2D eigenvalue weighted by Crippen LogP contribution is 2.31. The Labute approximate surface area is 155 Å². The fourth-order valence-electron chi connectivity index (χ4n) is 2.58. The zero-order chi connectivity index (χ0) is 17.6. The minimum Gasteiger partial charge on any atom is -0.481 e. The van der Waals surface area contributed by atoms with Gasteiger partial charge in [-0.15, -0.1) is 23.1 Å². The summed E-state index contributed by atoms with van der Waals surface area (Å²) in [6.45, 7) is 0. The summed E-state index contributed by atoms with van der Waals surface area (Å²) in [6, 6.07) is 16.5. The summed E-state index contributed by atoms with van der Waals surface area (Å²) in [5, 5.41) is 9.90. The van der Waals surface area contributed by atoms with Gasteiger partial charge in [0.2, 0.25) is 0 Å². The Bertz CT molecular complexity index is 864. The van der Waals surface area contributed by atoms with E-state index < -0.39 is 5.97 Å². The zero-order valence-corrected chi connectivity index (χ0v) is 15.6. The van der Waals surface area contributed by atoms with Crippen molar-refractivity contribution in [1.82, 2.24) is 4.98 Å². The maximum Gasteiger partial charge on any atom is 0.303 e. The second-order valence-corrected chi connectivity index (χ2v) is 7.59. The molecule has 3 nitrogen and oxygen atoms in total. The standard InChI is InChI=1S/C20H19NO2S2/c1-24-16-11-9-14(10-12-16)13-15(5-4-8-19(22)23)20-21-17-6-2-3-7-18(17)25-20/h2-3,6-7,9-13H,4-5,8H2,1H3,(H,22,23)/b15-13-. The SMILES string of the molecule is CSc1ccc(/C=C(/CCCC(=O)O)c2nc3ccccc3s2)cc1. The molecule has 0 aliphatic carbocycles. The number of carboxylic acid groups (broad SMARTS) is 1. The van der Waals surface area contributed by atoms with Crippen LogP contribution in [0.1, 0.15) is 29.8 Å². The largest absolute Gasteiger partial charge is 0.481 e. The van der Waals surface area contributed by atoms with Crippen molar-refractivity contribution < 1.29 is 9.90 Å². The van der Waals surface area contributed by atoms with Crippen LogP contribution in [0.3, 0.4) is 0 Å². The van der Waals surface area contributed by atoms with Gasteiger partial charge in [-0.3, -0.25) is 4.79 Å². The van der Waals surface area contributed by atoms with Gasteiger partial charge in [0.25, 0.3) is 0 Å². The lowest BCUT2D eigenvalue weighted by atomic mass is 10.1. The van der Waals surface area contributed by atoms with Crippen molar-refractivity contribution >= 4 is 50.9 Å². The van der Waals surface area contributed by atoms with Crippen LogP contribution < -0.4 is 0 Å². The van der Waals surface area contributed by atoms with Crippen molar-refractivity contribution in [2.45, 2.75) is 24.2 Å². The molecule has 0 atom stereocenters. The van der Waals surface area contributed by atoms with E-state index in [2.05, 4.69) is 42.7 Å². The molecule has 128 valence electrons. The summed E-state index contributed by atoms with van der Waals surface area (Å²) >= 11 is 3.38. The zero-order valence-electron chi connectivity index (χ0n) is 13.9. The molecule has 0 radical (unpaired) electrons. The molecule has 0 saturated carbocycles. The van der Waals surface area contributed by atoms with Crippen LogP contribution in [0.5, 0.6) is 0 Å². The Morgan fingerprint density at radius 3 is 2.60 bits per heavy atom. The van der Waals surface area contributed by atoms with E-state index in [-0.39, 0.29) is 6.42 Å². The van der Waals surface area contributed by atoms with Crippen molar-refractivity contribution in [2.75, 3.05) is 6.26 Å². The van der Waals surface area contributed by atoms with Gasteiger partial charge in [0, 0.05) is 11.3 Å². The highest BCUT2D eigenvalue weighted by Gasteiger charge is 2.10. The van der Waals surface area contributed by atoms with Crippen molar-refractivity contribution in [3.63, 3.8) is 0 Å². The Hall–Kier alpha value is -2.11. The van der Waals surface area contributed by atoms with Crippen LogP contribution >= 0.6 is 23.1 Å². The van der Waals surface area contributed by atoms with Gasteiger partial charge in [0.15, 0.2) is 0 Å². The molecule has 0 aliphatic rings. The number of thioether (sulfide) groups is 1. The molecule has 0 fully saturated rings. The highest BCUT2D eigenvalue weighted by molar-refractivity contribution is 7.98. The van der Waals surface area contributed by atoms with E-state index in [1.54, 1.807) is 23.1 Å². The molecule has 0 saturated heterocycles. The molecule has 1 aromatic heterocycles. The Balaban J connectivity index is 1.92. The Morgan fingerprint density at radius 2 is 1.92 bits per heavy atom. The number of rotatable bonds is 7. The smallest absolute Gasteiger partial charge is 0.303 e. The second kappa shape index (κ2) is 8.32. The van der Waals surface area contributed by atoms with Crippen LogP contribution in [0.15, 0.2) is 53.4 Å². The van der Waals surface area contributed by atoms with Gasteiger partial charge in [-0.1, -0.05) is 24.3 Å². The number of hydrogen-bond donors (Lipinski definition) is 1. The quantitative estimate of drug-likeness (QED) is 0.534. The van der Waals surface area contributed by atoms with Crippen molar-refractivity contribution in [1.29, 1.82) is 0 Å². The van der Waals surface area contributed by atoms with Crippen LogP contribution in [0.4, 0.5) is 0 Å². The predicted octanol–water partition coefficient (Wildman–Crippen LogP) is 5.81. The fourth-order valence-corrected chi connectivity index (χ4v) is 4.00. The minimum atomic E-state index is -0.757. The normalized spacial score (nSPS) is 11.8. The lowest BCUT2D eigenvalue weighted by molar-refractivity contribution is -0.137. The van der Waals surface area contributed by atoms with E-state index >= 15 is 0 Å². The molecule has 3 aromatic rings. The number of aliphatic carboxylic acids is 1. The van der Waals surface area contributed by atoms with Gasteiger partial charge in [0.05, 0.1) is 10.2 Å². The summed E-state index contributed by atoms with van der Waals surface area (Å²) in [6.07, 6.45) is 5.68. The highest BCUT2D eigenvalue weighted by atomic mass is 32.2. The number of thiazole rings is 1. The molecule has 25 heavy (non-hydrogen) atoms. The first-order valence-corrected chi connectivity index (χ1v) is 10.1. The maximum absolute atomic E-state index is 10.9. The summed E-state index contributed by atoms with van der Waals surface area (Å²) in [5.41, 5.74) is 3.20. The van der Waals surface area contributed by atoms with Crippen LogP contribution in [0.25, 0.3) is 21.9 Å². The number of para-hydroxylation sites is 1. The first-order chi connectivity index (χ1) is 12.2. The van der Waals surface area contributed by atoms with E-state index in [9.17, 15) is 4.79 Å². The number of allylic oxidation sites excluding steroid dienone is 1. The van der Waals surface area contributed by atoms with Crippen LogP contribution in [-0.2, 0) is 4.79 Å². The van der Waals surface area contributed by atoms with Crippen LogP contribution in [-0.4, -0.2) is 22.3 Å². The molecule has 1 heterocycles. The molecule has 0 amide bonds. The molecular weight excluding hydrogens is 350 g/mol. The lowest BCUT2D eigenvalue weighted by Crippen LogP contribution is -1.94. The number of nitrogens with zero attached hydrogens (tertiary/aromatic N) is 1. The molecule has 3 rings (SSSR count). The number of carbonyl (C=O) groups is 1. The molecular formula is C20H19NO2S2. The van der Waals surface area contributed by atoms with E-state index in [1.807, 2.05) is 18.2 Å². The molecule has 0 bridgehead atoms. The van der Waals surface area contributed by atoms with E-state index in [0.29, 0.717) is 12.8 Å². The molecule has 1 N–H and O–H groups in total. The van der Waals surface area contributed by atoms with Gasteiger partial charge in [-0.2, -0.15) is 0 Å². The van der Waals surface area contributed by atoms with E-state index in [4.69, 9.17) is 10.1 Å². The van der Waals surface area contributed by atoms with E-state index in [0.717, 1.165) is 26.4 Å². The average Bonchev–Trinajstić information content (AvgIpc) is 3.05. The molecule has 0 unspecified atom stereocenters. The van der Waals surface area contributed by atoms with Crippen molar-refractivity contribution in [2.24, 2.45) is 0 Å². The van der Waals surface area contributed by atoms with Gasteiger partial charge in [-0.05, 0) is 60.6 Å². The third-order valence-corrected chi connectivity index (χ3v) is 5.72. The fraction of sp³-hybridized carbons (Fsp3) is 0.200. The lowest BCUT2D eigenvalue weighted by Gasteiger charge is -2.05. The first-order valence-electron chi connectivity index (χ1n) is 8.08. The maximum atomic E-state index is 10.9. The molecule has 5 heteroatoms. The van der Waals surface area contributed by atoms with Gasteiger partial charge >= 0.3 is 5.97 Å². The summed E-state index contributed by atoms with van der Waals surface area (Å²) in [7, 11) is 0. The summed E-state index contributed by atoms with van der Waals surface area (Å²) in [5.74, 6) is -0.757.